The third-order valence-electron chi connectivity index (χ3n) is 10.5. The summed E-state index contributed by atoms with van der Waals surface area (Å²) in [5.74, 6) is -0.358. The lowest BCUT2D eigenvalue weighted by atomic mass is 9.42. The summed E-state index contributed by atoms with van der Waals surface area (Å²) in [6.45, 7) is 7.66. The molecule has 7 heteroatoms. The van der Waals surface area contributed by atoms with Gasteiger partial charge in [-0.3, -0.25) is 9.59 Å². The van der Waals surface area contributed by atoms with Crippen molar-refractivity contribution in [3.63, 3.8) is 0 Å². The molecule has 4 saturated carbocycles. The van der Waals surface area contributed by atoms with Gasteiger partial charge in [0.15, 0.2) is 0 Å². The molecular weight excluding hydrogens is 436 g/mol. The highest BCUT2D eigenvalue weighted by Gasteiger charge is 2.70. The first-order chi connectivity index (χ1) is 16.0. The highest BCUT2D eigenvalue weighted by molar-refractivity contribution is 5.85. The summed E-state index contributed by atoms with van der Waals surface area (Å²) < 4.78 is 16.9. The zero-order valence-corrected chi connectivity index (χ0v) is 20.8. The van der Waals surface area contributed by atoms with Gasteiger partial charge in [-0.1, -0.05) is 13.8 Å². The van der Waals surface area contributed by atoms with E-state index in [0.29, 0.717) is 25.4 Å². The number of cyclic esters (lactones) is 1. The number of rotatable bonds is 3. The van der Waals surface area contributed by atoms with E-state index in [4.69, 9.17) is 14.2 Å². The van der Waals surface area contributed by atoms with E-state index in [1.807, 2.05) is 0 Å². The summed E-state index contributed by atoms with van der Waals surface area (Å²) in [6.07, 6.45) is 7.67. The van der Waals surface area contributed by atoms with Crippen LogP contribution in [0.4, 0.5) is 0 Å². The second-order valence-corrected chi connectivity index (χ2v) is 12.0. The smallest absolute Gasteiger partial charge is 0.331 e. The summed E-state index contributed by atoms with van der Waals surface area (Å²) in [5, 5.41) is 12.4. The first-order valence-corrected chi connectivity index (χ1v) is 12.9. The zero-order chi connectivity index (χ0) is 24.5. The molecule has 7 nitrogen and oxygen atoms in total. The van der Waals surface area contributed by atoms with Crippen molar-refractivity contribution in [3.8, 4) is 0 Å². The molecule has 0 bridgehead atoms. The van der Waals surface area contributed by atoms with Crippen molar-refractivity contribution in [1.82, 2.24) is 0 Å². The van der Waals surface area contributed by atoms with Gasteiger partial charge in [0.1, 0.15) is 18.8 Å². The molecule has 0 amide bonds. The number of ether oxygens (including phenoxy) is 3. The third-order valence-corrected chi connectivity index (χ3v) is 10.5. The van der Waals surface area contributed by atoms with E-state index in [9.17, 15) is 19.5 Å². The molecule has 0 aromatic rings. The molecule has 9 atom stereocenters. The van der Waals surface area contributed by atoms with Gasteiger partial charge in [0.05, 0.1) is 5.60 Å². The summed E-state index contributed by atoms with van der Waals surface area (Å²) in [4.78, 5) is 35.7. The molecule has 1 heterocycles. The second kappa shape index (κ2) is 8.07. The van der Waals surface area contributed by atoms with Crippen molar-refractivity contribution < 1.29 is 33.7 Å². The SMILES string of the molecule is CC(=O)O[C@H]1CC[C@@]2(C)[C@H](CC[C@@H]3[C@@H]2[C@H](OC(C)=O)C[C@]2(C)[C@@H](C4=CC(=O)OC4)CC[C@]32O)C1. The number of fused-ring (bicyclic) bond motifs is 5. The van der Waals surface area contributed by atoms with Gasteiger partial charge in [-0.2, -0.15) is 0 Å². The number of carbonyl (C=O) groups is 3. The van der Waals surface area contributed by atoms with Crippen LogP contribution in [0.2, 0.25) is 0 Å². The van der Waals surface area contributed by atoms with Crippen LogP contribution in [0.15, 0.2) is 11.6 Å². The molecule has 0 unspecified atom stereocenters. The van der Waals surface area contributed by atoms with Gasteiger partial charge in [0.2, 0.25) is 0 Å². The Balaban J connectivity index is 1.50. The Morgan fingerprint density at radius 2 is 1.79 bits per heavy atom. The standard InChI is InChI=1S/C27H38O7/c1-15(28)33-19-7-9-25(3)18(12-19)5-6-21-24(25)22(34-16(2)29)13-26(4)20(8-10-27(21,26)31)17-11-23(30)32-14-17/h11,18-22,24,31H,5-10,12-14H2,1-4H3/t18-,19+,20-,21-,22-,24-,25+,26-,27+/m1/s1. The Morgan fingerprint density at radius 3 is 2.44 bits per heavy atom. The van der Waals surface area contributed by atoms with Crippen molar-refractivity contribution in [2.75, 3.05) is 6.61 Å². The fourth-order valence-corrected chi connectivity index (χ4v) is 9.10. The van der Waals surface area contributed by atoms with E-state index in [0.717, 1.165) is 44.1 Å². The molecule has 34 heavy (non-hydrogen) atoms. The monoisotopic (exact) mass is 474 g/mol. The molecule has 188 valence electrons. The van der Waals surface area contributed by atoms with Gasteiger partial charge in [-0.25, -0.2) is 4.79 Å². The van der Waals surface area contributed by atoms with E-state index in [-0.39, 0.29) is 53.3 Å². The number of hydrogen-bond acceptors (Lipinski definition) is 7. The fraction of sp³-hybridized carbons (Fsp3) is 0.815. The first kappa shape index (κ1) is 23.8. The van der Waals surface area contributed by atoms with E-state index in [1.165, 1.54) is 13.8 Å². The van der Waals surface area contributed by atoms with Crippen molar-refractivity contribution >= 4 is 17.9 Å². The highest BCUT2D eigenvalue weighted by Crippen LogP contribution is 2.70. The van der Waals surface area contributed by atoms with Crippen LogP contribution in [-0.2, 0) is 28.6 Å². The van der Waals surface area contributed by atoms with Crippen molar-refractivity contribution in [1.29, 1.82) is 0 Å². The maximum absolute atomic E-state index is 12.4. The summed E-state index contributed by atoms with van der Waals surface area (Å²) in [7, 11) is 0. The molecular formula is C27H38O7. The Bertz CT molecular complexity index is 926. The number of carbonyl (C=O) groups excluding carboxylic acids is 3. The summed E-state index contributed by atoms with van der Waals surface area (Å²) >= 11 is 0. The quantitative estimate of drug-likeness (QED) is 0.492. The molecule has 0 saturated heterocycles. The molecule has 5 rings (SSSR count). The minimum absolute atomic E-state index is 0.0192. The largest absolute Gasteiger partial charge is 0.463 e. The Morgan fingerprint density at radius 1 is 1.06 bits per heavy atom. The lowest BCUT2D eigenvalue weighted by Crippen LogP contribution is -2.67. The van der Waals surface area contributed by atoms with Crippen LogP contribution in [0, 0.1) is 34.5 Å². The van der Waals surface area contributed by atoms with Crippen LogP contribution in [0.3, 0.4) is 0 Å². The average Bonchev–Trinajstić information content (AvgIpc) is 3.27. The molecule has 0 radical (unpaired) electrons. The molecule has 5 aliphatic rings. The van der Waals surface area contributed by atoms with E-state index in [2.05, 4.69) is 13.8 Å². The third kappa shape index (κ3) is 3.44. The number of esters is 3. The highest BCUT2D eigenvalue weighted by atomic mass is 16.5. The molecule has 4 fully saturated rings. The Hall–Kier alpha value is -1.89. The molecule has 0 aromatic heterocycles. The van der Waals surface area contributed by atoms with Crippen molar-refractivity contribution in [3.05, 3.63) is 11.6 Å². The van der Waals surface area contributed by atoms with Gasteiger partial charge < -0.3 is 19.3 Å². The minimum Gasteiger partial charge on any atom is -0.463 e. The second-order valence-electron chi connectivity index (χ2n) is 12.0. The van der Waals surface area contributed by atoms with E-state index >= 15 is 0 Å². The lowest BCUT2D eigenvalue weighted by molar-refractivity contribution is -0.248. The predicted molar refractivity (Wildman–Crippen MR) is 122 cm³/mol. The van der Waals surface area contributed by atoms with E-state index < -0.39 is 11.0 Å². The van der Waals surface area contributed by atoms with Crippen LogP contribution < -0.4 is 0 Å². The van der Waals surface area contributed by atoms with Gasteiger partial charge >= 0.3 is 17.9 Å². The maximum atomic E-state index is 12.4. The molecule has 1 N–H and O–H groups in total. The van der Waals surface area contributed by atoms with Crippen molar-refractivity contribution in [2.45, 2.75) is 96.9 Å². The zero-order valence-electron chi connectivity index (χ0n) is 20.8. The molecule has 0 spiro atoms. The summed E-state index contributed by atoms with van der Waals surface area (Å²) in [6, 6.07) is 0. The van der Waals surface area contributed by atoms with Crippen LogP contribution in [0.25, 0.3) is 0 Å². The van der Waals surface area contributed by atoms with Crippen LogP contribution >= 0.6 is 0 Å². The predicted octanol–water partition coefficient (Wildman–Crippen LogP) is 3.72. The maximum Gasteiger partial charge on any atom is 0.331 e. The van der Waals surface area contributed by atoms with Gasteiger partial charge in [0, 0.05) is 31.3 Å². The normalized spacial score (nSPS) is 47.6. The lowest BCUT2D eigenvalue weighted by Gasteiger charge is -2.65. The van der Waals surface area contributed by atoms with Crippen LogP contribution in [-0.4, -0.2) is 47.4 Å². The first-order valence-electron chi connectivity index (χ1n) is 12.9. The topological polar surface area (TPSA) is 99.1 Å². The fourth-order valence-electron chi connectivity index (χ4n) is 9.10. The van der Waals surface area contributed by atoms with Crippen LogP contribution in [0.5, 0.6) is 0 Å². The van der Waals surface area contributed by atoms with Gasteiger partial charge in [-0.05, 0) is 80.1 Å². The number of hydrogen-bond donors (Lipinski definition) is 1. The minimum atomic E-state index is -0.883. The van der Waals surface area contributed by atoms with Gasteiger partial charge in [0.25, 0.3) is 0 Å². The molecule has 0 aromatic carbocycles. The molecule has 1 aliphatic heterocycles. The van der Waals surface area contributed by atoms with Crippen molar-refractivity contribution in [2.24, 2.45) is 34.5 Å². The molecule has 4 aliphatic carbocycles. The number of aliphatic hydroxyl groups is 1. The Kier molecular flexibility index (Phi) is 5.66. The van der Waals surface area contributed by atoms with E-state index in [1.54, 1.807) is 6.08 Å². The van der Waals surface area contributed by atoms with Crippen LogP contribution in [0.1, 0.15) is 79.1 Å². The average molecular weight is 475 g/mol. The Labute approximate surface area is 201 Å². The summed E-state index contributed by atoms with van der Waals surface area (Å²) in [5.41, 5.74) is -0.510. The van der Waals surface area contributed by atoms with Gasteiger partial charge in [-0.15, -0.1) is 0 Å².